The first-order chi connectivity index (χ1) is 7.92. The molecule has 0 aromatic carbocycles. The van der Waals surface area contributed by atoms with E-state index in [-0.39, 0.29) is 19.7 Å². The monoisotopic (exact) mass is 266 g/mol. The lowest BCUT2D eigenvalue weighted by molar-refractivity contribution is -0.153. The largest absolute Gasteiger partial charge is 0.481 e. The standard InChI is InChI=1S/C9H18N2O5S/c1-16-6-5-10-17(14,15)11-7-9(8(12)13)3-2-4-9/h10-11H,2-7H2,1H3,(H,12,13). The molecule has 0 atom stereocenters. The number of nitrogens with one attached hydrogen (secondary N) is 2. The van der Waals surface area contributed by atoms with Crippen LogP contribution in [0.2, 0.25) is 0 Å². The zero-order chi connectivity index (χ0) is 12.9. The molecule has 0 amide bonds. The average molecular weight is 266 g/mol. The van der Waals surface area contributed by atoms with Crippen LogP contribution in [0, 0.1) is 5.41 Å². The van der Waals surface area contributed by atoms with Crippen LogP contribution in [0.5, 0.6) is 0 Å². The van der Waals surface area contributed by atoms with E-state index in [0.29, 0.717) is 12.8 Å². The number of hydrogen-bond donors (Lipinski definition) is 3. The van der Waals surface area contributed by atoms with E-state index in [1.54, 1.807) is 0 Å². The Morgan fingerprint density at radius 1 is 1.41 bits per heavy atom. The SMILES string of the molecule is COCCNS(=O)(=O)NCC1(C(=O)O)CCC1. The lowest BCUT2D eigenvalue weighted by atomic mass is 9.69. The first kappa shape index (κ1) is 14.4. The normalized spacial score (nSPS) is 18.6. The van der Waals surface area contributed by atoms with Gasteiger partial charge in [-0.3, -0.25) is 4.79 Å². The molecule has 1 aliphatic carbocycles. The van der Waals surface area contributed by atoms with Crippen LogP contribution in [0.1, 0.15) is 19.3 Å². The quantitative estimate of drug-likeness (QED) is 0.504. The molecule has 1 fully saturated rings. The molecule has 1 saturated carbocycles. The number of rotatable bonds is 8. The van der Waals surface area contributed by atoms with Gasteiger partial charge >= 0.3 is 5.97 Å². The Bertz CT molecular complexity index is 364. The minimum atomic E-state index is -3.64. The summed E-state index contributed by atoms with van der Waals surface area (Å²) in [7, 11) is -2.17. The third-order valence-corrected chi connectivity index (χ3v) is 4.07. The van der Waals surface area contributed by atoms with Crippen LogP contribution in [0.25, 0.3) is 0 Å². The fourth-order valence-electron chi connectivity index (χ4n) is 1.63. The van der Waals surface area contributed by atoms with Gasteiger partial charge in [-0.15, -0.1) is 0 Å². The molecule has 0 radical (unpaired) electrons. The van der Waals surface area contributed by atoms with E-state index in [2.05, 4.69) is 9.44 Å². The summed E-state index contributed by atoms with van der Waals surface area (Å²) in [5.41, 5.74) is -0.921. The molecule has 100 valence electrons. The smallest absolute Gasteiger partial charge is 0.310 e. The molecule has 8 heteroatoms. The van der Waals surface area contributed by atoms with Gasteiger partial charge in [-0.25, -0.2) is 4.72 Å². The summed E-state index contributed by atoms with van der Waals surface area (Å²) < 4.78 is 32.1. The maximum absolute atomic E-state index is 11.4. The third kappa shape index (κ3) is 3.91. The summed E-state index contributed by atoms with van der Waals surface area (Å²) in [5.74, 6) is -0.941. The minimum Gasteiger partial charge on any atom is -0.481 e. The Hall–Kier alpha value is -0.700. The van der Waals surface area contributed by atoms with Gasteiger partial charge in [0.15, 0.2) is 0 Å². The molecule has 1 aliphatic rings. The predicted octanol–water partition coefficient (Wildman–Crippen LogP) is -0.688. The zero-order valence-electron chi connectivity index (χ0n) is 9.73. The Labute approximate surface area is 101 Å². The van der Waals surface area contributed by atoms with Crippen LogP contribution in [-0.2, 0) is 19.7 Å². The van der Waals surface area contributed by atoms with E-state index < -0.39 is 21.6 Å². The van der Waals surface area contributed by atoms with Gasteiger partial charge in [0.1, 0.15) is 0 Å². The number of carbonyl (C=O) groups is 1. The summed E-state index contributed by atoms with van der Waals surface area (Å²) in [6, 6.07) is 0. The second-order valence-electron chi connectivity index (χ2n) is 4.15. The number of aliphatic carboxylic acids is 1. The van der Waals surface area contributed by atoms with Crippen molar-refractivity contribution in [2.75, 3.05) is 26.8 Å². The lowest BCUT2D eigenvalue weighted by Gasteiger charge is -2.37. The third-order valence-electron chi connectivity index (χ3n) is 2.96. The van der Waals surface area contributed by atoms with Gasteiger partial charge in [-0.1, -0.05) is 6.42 Å². The van der Waals surface area contributed by atoms with Gasteiger partial charge < -0.3 is 9.84 Å². The molecule has 0 bridgehead atoms. The van der Waals surface area contributed by atoms with E-state index in [1.165, 1.54) is 7.11 Å². The number of carboxylic acid groups (broad SMARTS) is 1. The number of carboxylic acids is 1. The molecule has 0 spiro atoms. The van der Waals surface area contributed by atoms with Crippen LogP contribution in [0.4, 0.5) is 0 Å². The average Bonchev–Trinajstić information content (AvgIpc) is 2.15. The fourth-order valence-corrected chi connectivity index (χ4v) is 2.55. The minimum absolute atomic E-state index is 0.0648. The van der Waals surface area contributed by atoms with E-state index in [9.17, 15) is 13.2 Å². The van der Waals surface area contributed by atoms with Crippen LogP contribution >= 0.6 is 0 Å². The van der Waals surface area contributed by atoms with E-state index in [1.807, 2.05) is 0 Å². The molecule has 0 aliphatic heterocycles. The highest BCUT2D eigenvalue weighted by molar-refractivity contribution is 7.87. The van der Waals surface area contributed by atoms with Crippen LogP contribution in [0.15, 0.2) is 0 Å². The van der Waals surface area contributed by atoms with Crippen LogP contribution in [0.3, 0.4) is 0 Å². The van der Waals surface area contributed by atoms with Crippen molar-refractivity contribution in [1.82, 2.24) is 9.44 Å². The van der Waals surface area contributed by atoms with Gasteiger partial charge in [0.25, 0.3) is 10.2 Å². The summed E-state index contributed by atoms with van der Waals surface area (Å²) in [4.78, 5) is 11.0. The molecule has 1 rings (SSSR count). The van der Waals surface area contributed by atoms with Crippen molar-refractivity contribution in [1.29, 1.82) is 0 Å². The van der Waals surface area contributed by atoms with Crippen LogP contribution in [-0.4, -0.2) is 46.3 Å². The summed E-state index contributed by atoms with van der Waals surface area (Å²) in [6.07, 6.45) is 1.86. The summed E-state index contributed by atoms with van der Waals surface area (Å²) >= 11 is 0. The number of hydrogen-bond acceptors (Lipinski definition) is 4. The highest BCUT2D eigenvalue weighted by Gasteiger charge is 2.44. The number of ether oxygens (including phenoxy) is 1. The Kier molecular flexibility index (Phi) is 4.87. The van der Waals surface area contributed by atoms with Crippen LogP contribution < -0.4 is 9.44 Å². The first-order valence-corrected chi connectivity index (χ1v) is 6.87. The van der Waals surface area contributed by atoms with E-state index in [0.717, 1.165) is 6.42 Å². The molecule has 0 aromatic heterocycles. The van der Waals surface area contributed by atoms with Crippen molar-refractivity contribution < 1.29 is 23.1 Å². The van der Waals surface area contributed by atoms with Crippen molar-refractivity contribution in [3.05, 3.63) is 0 Å². The number of methoxy groups -OCH3 is 1. The fraction of sp³-hybridized carbons (Fsp3) is 0.889. The van der Waals surface area contributed by atoms with E-state index >= 15 is 0 Å². The maximum atomic E-state index is 11.4. The highest BCUT2D eigenvalue weighted by Crippen LogP contribution is 2.40. The topological polar surface area (TPSA) is 105 Å². The van der Waals surface area contributed by atoms with Crippen molar-refractivity contribution in [3.8, 4) is 0 Å². The second kappa shape index (κ2) is 5.76. The second-order valence-corrected chi connectivity index (χ2v) is 5.73. The molecule has 7 nitrogen and oxygen atoms in total. The molecule has 0 unspecified atom stereocenters. The van der Waals surface area contributed by atoms with Gasteiger partial charge in [0.05, 0.1) is 12.0 Å². The van der Waals surface area contributed by atoms with E-state index in [4.69, 9.17) is 9.84 Å². The van der Waals surface area contributed by atoms with Crippen molar-refractivity contribution in [2.45, 2.75) is 19.3 Å². The first-order valence-electron chi connectivity index (χ1n) is 5.38. The molecule has 0 aromatic rings. The molecule has 17 heavy (non-hydrogen) atoms. The maximum Gasteiger partial charge on any atom is 0.310 e. The summed E-state index contributed by atoms with van der Waals surface area (Å²) in [5, 5.41) is 9.02. The van der Waals surface area contributed by atoms with Crippen molar-refractivity contribution in [2.24, 2.45) is 5.41 Å². The Balaban J connectivity index is 2.41. The zero-order valence-corrected chi connectivity index (χ0v) is 10.5. The molecular formula is C9H18N2O5S. The van der Waals surface area contributed by atoms with Gasteiger partial charge in [0, 0.05) is 20.2 Å². The van der Waals surface area contributed by atoms with Crippen molar-refractivity contribution in [3.63, 3.8) is 0 Å². The Morgan fingerprint density at radius 3 is 2.47 bits per heavy atom. The Morgan fingerprint density at radius 2 is 2.06 bits per heavy atom. The lowest BCUT2D eigenvalue weighted by Crippen LogP contribution is -2.50. The molecule has 3 N–H and O–H groups in total. The molecular weight excluding hydrogens is 248 g/mol. The summed E-state index contributed by atoms with van der Waals surface area (Å²) in [6.45, 7) is 0.363. The predicted molar refractivity (Wildman–Crippen MR) is 60.7 cm³/mol. The van der Waals surface area contributed by atoms with Gasteiger partial charge in [-0.05, 0) is 12.8 Å². The highest BCUT2D eigenvalue weighted by atomic mass is 32.2. The molecule has 0 saturated heterocycles. The molecule has 0 heterocycles. The van der Waals surface area contributed by atoms with Gasteiger partial charge in [-0.2, -0.15) is 13.1 Å². The van der Waals surface area contributed by atoms with Crippen molar-refractivity contribution >= 4 is 16.2 Å². The van der Waals surface area contributed by atoms with Gasteiger partial charge in [0.2, 0.25) is 0 Å².